The Morgan fingerprint density at radius 3 is 2.79 bits per heavy atom. The van der Waals surface area contributed by atoms with Gasteiger partial charge in [-0.15, -0.1) is 0 Å². The highest BCUT2D eigenvalue weighted by Gasteiger charge is 2.20. The van der Waals surface area contributed by atoms with Crippen LogP contribution in [0.1, 0.15) is 38.3 Å². The van der Waals surface area contributed by atoms with Crippen molar-refractivity contribution in [1.29, 1.82) is 0 Å². The standard InChI is InChI=1S/C17H22N2/c1-13(14-6-2-3-7-14)18-12-16-11-10-15-8-4-5-9-17(15)19-16/h4-5,8-11,13-14,18H,2-3,6-7,12H2,1H3/t13-/m1/s1. The monoisotopic (exact) mass is 254 g/mol. The highest BCUT2D eigenvalue weighted by molar-refractivity contribution is 5.78. The number of para-hydroxylation sites is 1. The van der Waals surface area contributed by atoms with Gasteiger partial charge in [-0.05, 0) is 37.8 Å². The maximum Gasteiger partial charge on any atom is 0.0705 e. The zero-order valence-corrected chi connectivity index (χ0v) is 11.6. The Labute approximate surface area is 115 Å². The fourth-order valence-corrected chi connectivity index (χ4v) is 3.10. The first-order valence-electron chi connectivity index (χ1n) is 7.41. The summed E-state index contributed by atoms with van der Waals surface area (Å²) in [5.41, 5.74) is 2.24. The topological polar surface area (TPSA) is 24.9 Å². The van der Waals surface area contributed by atoms with Crippen molar-refractivity contribution in [1.82, 2.24) is 10.3 Å². The van der Waals surface area contributed by atoms with Crippen molar-refractivity contribution in [3.63, 3.8) is 0 Å². The number of nitrogens with one attached hydrogen (secondary N) is 1. The molecular weight excluding hydrogens is 232 g/mol. The molecule has 1 atom stereocenters. The molecule has 3 rings (SSSR count). The zero-order chi connectivity index (χ0) is 13.1. The van der Waals surface area contributed by atoms with Gasteiger partial charge in [-0.25, -0.2) is 0 Å². The van der Waals surface area contributed by atoms with Gasteiger partial charge in [0.1, 0.15) is 0 Å². The highest BCUT2D eigenvalue weighted by Crippen LogP contribution is 2.27. The Hall–Kier alpha value is -1.41. The quantitative estimate of drug-likeness (QED) is 0.895. The van der Waals surface area contributed by atoms with E-state index in [1.165, 1.54) is 31.1 Å². The first kappa shape index (κ1) is 12.6. The highest BCUT2D eigenvalue weighted by atomic mass is 14.9. The van der Waals surface area contributed by atoms with E-state index in [4.69, 9.17) is 4.98 Å². The molecule has 2 aromatic rings. The van der Waals surface area contributed by atoms with Gasteiger partial charge in [-0.1, -0.05) is 37.1 Å². The predicted octanol–water partition coefficient (Wildman–Crippen LogP) is 3.90. The summed E-state index contributed by atoms with van der Waals surface area (Å²) >= 11 is 0. The Morgan fingerprint density at radius 1 is 1.16 bits per heavy atom. The first-order valence-corrected chi connectivity index (χ1v) is 7.41. The average molecular weight is 254 g/mol. The third-order valence-electron chi connectivity index (χ3n) is 4.37. The minimum absolute atomic E-state index is 0.607. The molecule has 100 valence electrons. The molecule has 1 aromatic carbocycles. The van der Waals surface area contributed by atoms with E-state index in [9.17, 15) is 0 Å². The molecule has 1 N–H and O–H groups in total. The van der Waals surface area contributed by atoms with E-state index >= 15 is 0 Å². The van der Waals surface area contributed by atoms with Gasteiger partial charge in [-0.3, -0.25) is 4.98 Å². The first-order chi connectivity index (χ1) is 9.33. The van der Waals surface area contributed by atoms with Crippen molar-refractivity contribution in [2.24, 2.45) is 5.92 Å². The number of rotatable bonds is 4. The number of hydrogen-bond donors (Lipinski definition) is 1. The second-order valence-corrected chi connectivity index (χ2v) is 5.71. The van der Waals surface area contributed by atoms with Crippen LogP contribution in [0.3, 0.4) is 0 Å². The lowest BCUT2D eigenvalue weighted by Crippen LogP contribution is -2.31. The van der Waals surface area contributed by atoms with Crippen molar-refractivity contribution in [2.75, 3.05) is 0 Å². The summed E-state index contributed by atoms with van der Waals surface area (Å²) in [7, 11) is 0. The SMILES string of the molecule is C[C@@H](NCc1ccc2ccccc2n1)C1CCCC1. The molecule has 1 heterocycles. The maximum absolute atomic E-state index is 4.71. The largest absolute Gasteiger partial charge is 0.308 e. The molecule has 0 bridgehead atoms. The second kappa shape index (κ2) is 5.70. The van der Waals surface area contributed by atoms with E-state index in [0.29, 0.717) is 6.04 Å². The summed E-state index contributed by atoms with van der Waals surface area (Å²) in [5, 5.41) is 4.86. The number of nitrogens with zero attached hydrogens (tertiary/aromatic N) is 1. The van der Waals surface area contributed by atoms with Crippen molar-refractivity contribution in [3.05, 3.63) is 42.1 Å². The van der Waals surface area contributed by atoms with Crippen LogP contribution < -0.4 is 5.32 Å². The maximum atomic E-state index is 4.71. The fraction of sp³-hybridized carbons (Fsp3) is 0.471. The van der Waals surface area contributed by atoms with Gasteiger partial charge >= 0.3 is 0 Å². The van der Waals surface area contributed by atoms with Crippen LogP contribution in [0.2, 0.25) is 0 Å². The minimum Gasteiger partial charge on any atom is -0.308 e. The van der Waals surface area contributed by atoms with Gasteiger partial charge in [-0.2, -0.15) is 0 Å². The second-order valence-electron chi connectivity index (χ2n) is 5.71. The molecule has 1 saturated carbocycles. The molecule has 2 heteroatoms. The van der Waals surface area contributed by atoms with Crippen molar-refractivity contribution < 1.29 is 0 Å². The number of pyridine rings is 1. The molecule has 0 aliphatic heterocycles. The molecule has 2 nitrogen and oxygen atoms in total. The van der Waals surface area contributed by atoms with Crippen LogP contribution in [-0.2, 0) is 6.54 Å². The average Bonchev–Trinajstić information content (AvgIpc) is 2.99. The van der Waals surface area contributed by atoms with Gasteiger partial charge in [0.15, 0.2) is 0 Å². The molecule has 1 fully saturated rings. The Kier molecular flexibility index (Phi) is 3.79. The van der Waals surface area contributed by atoms with Crippen molar-refractivity contribution >= 4 is 10.9 Å². The Bertz CT molecular complexity index is 544. The normalized spacial score (nSPS) is 17.9. The zero-order valence-electron chi connectivity index (χ0n) is 11.6. The van der Waals surface area contributed by atoms with E-state index in [1.807, 2.05) is 6.07 Å². The van der Waals surface area contributed by atoms with E-state index in [1.54, 1.807) is 0 Å². The van der Waals surface area contributed by atoms with Gasteiger partial charge < -0.3 is 5.32 Å². The van der Waals surface area contributed by atoms with Crippen LogP contribution in [0.15, 0.2) is 36.4 Å². The van der Waals surface area contributed by atoms with Gasteiger partial charge in [0.25, 0.3) is 0 Å². The van der Waals surface area contributed by atoms with Crippen molar-refractivity contribution in [2.45, 2.75) is 45.2 Å². The molecule has 0 saturated heterocycles. The Balaban J connectivity index is 1.64. The van der Waals surface area contributed by atoms with Crippen molar-refractivity contribution in [3.8, 4) is 0 Å². The van der Waals surface area contributed by atoms with E-state index in [-0.39, 0.29) is 0 Å². The van der Waals surface area contributed by atoms with Gasteiger partial charge in [0, 0.05) is 18.0 Å². The van der Waals surface area contributed by atoms with Gasteiger partial charge in [0.2, 0.25) is 0 Å². The molecular formula is C17H22N2. The number of fused-ring (bicyclic) bond motifs is 1. The van der Waals surface area contributed by atoms with Crippen LogP contribution in [0, 0.1) is 5.92 Å². The van der Waals surface area contributed by atoms with Crippen LogP contribution in [0.5, 0.6) is 0 Å². The molecule has 1 aromatic heterocycles. The number of aromatic nitrogens is 1. The summed E-state index contributed by atoms with van der Waals surface area (Å²) in [6.45, 7) is 3.19. The molecule has 0 spiro atoms. The minimum atomic E-state index is 0.607. The lowest BCUT2D eigenvalue weighted by atomic mass is 10.00. The molecule has 19 heavy (non-hydrogen) atoms. The molecule has 1 aliphatic carbocycles. The third kappa shape index (κ3) is 2.95. The number of benzene rings is 1. The lowest BCUT2D eigenvalue weighted by Gasteiger charge is -2.20. The van der Waals surface area contributed by atoms with Crippen LogP contribution >= 0.6 is 0 Å². The molecule has 0 radical (unpaired) electrons. The lowest BCUT2D eigenvalue weighted by molar-refractivity contribution is 0.379. The summed E-state index contributed by atoms with van der Waals surface area (Å²) in [6.07, 6.45) is 5.59. The van der Waals surface area contributed by atoms with Crippen LogP contribution in [0.4, 0.5) is 0 Å². The number of hydrogen-bond acceptors (Lipinski definition) is 2. The van der Waals surface area contributed by atoms with Gasteiger partial charge in [0.05, 0.1) is 11.2 Å². The van der Waals surface area contributed by atoms with E-state index < -0.39 is 0 Å². The summed E-state index contributed by atoms with van der Waals surface area (Å²) in [5.74, 6) is 0.862. The van der Waals surface area contributed by atoms with E-state index in [0.717, 1.165) is 23.7 Å². The predicted molar refractivity (Wildman–Crippen MR) is 80.0 cm³/mol. The third-order valence-corrected chi connectivity index (χ3v) is 4.37. The smallest absolute Gasteiger partial charge is 0.0705 e. The fourth-order valence-electron chi connectivity index (χ4n) is 3.10. The molecule has 0 amide bonds. The summed E-state index contributed by atoms with van der Waals surface area (Å²) in [4.78, 5) is 4.71. The van der Waals surface area contributed by atoms with E-state index in [2.05, 4.69) is 42.6 Å². The van der Waals surface area contributed by atoms with Crippen LogP contribution in [0.25, 0.3) is 10.9 Å². The Morgan fingerprint density at radius 2 is 1.95 bits per heavy atom. The molecule has 1 aliphatic rings. The van der Waals surface area contributed by atoms with Crippen LogP contribution in [-0.4, -0.2) is 11.0 Å². The molecule has 0 unspecified atom stereocenters. The summed E-state index contributed by atoms with van der Waals surface area (Å²) in [6, 6.07) is 13.2. The summed E-state index contributed by atoms with van der Waals surface area (Å²) < 4.78 is 0.